The zero-order valence-electron chi connectivity index (χ0n) is 15.2. The van der Waals surface area contributed by atoms with Crippen LogP contribution in [0.3, 0.4) is 0 Å². The summed E-state index contributed by atoms with van der Waals surface area (Å²) in [5, 5.41) is 4.21. The maximum absolute atomic E-state index is 12.2. The van der Waals surface area contributed by atoms with Crippen LogP contribution in [0, 0.1) is 5.41 Å². The molecule has 7 heteroatoms. The van der Waals surface area contributed by atoms with E-state index in [1.54, 1.807) is 37.6 Å². The first-order valence-corrected chi connectivity index (χ1v) is 9.96. The van der Waals surface area contributed by atoms with Crippen molar-refractivity contribution in [1.29, 1.82) is 0 Å². The van der Waals surface area contributed by atoms with E-state index in [4.69, 9.17) is 4.74 Å². The molecular weight excluding hydrogens is 348 g/mol. The molecule has 1 amide bonds. The van der Waals surface area contributed by atoms with Gasteiger partial charge in [-0.15, -0.1) is 0 Å². The number of aromatic nitrogens is 2. The molecular formula is C19H24N4O2S. The predicted molar refractivity (Wildman–Crippen MR) is 101 cm³/mol. The van der Waals surface area contributed by atoms with Crippen molar-refractivity contribution in [2.75, 3.05) is 25.1 Å². The quantitative estimate of drug-likeness (QED) is 0.808. The number of hydrogen-bond acceptors (Lipinski definition) is 6. The second-order valence-corrected chi connectivity index (χ2v) is 8.03. The Morgan fingerprint density at radius 1 is 1.42 bits per heavy atom. The maximum Gasteiger partial charge on any atom is 0.228 e. The van der Waals surface area contributed by atoms with E-state index in [0.29, 0.717) is 11.9 Å². The predicted octanol–water partition coefficient (Wildman–Crippen LogP) is 2.95. The average molecular weight is 372 g/mol. The monoisotopic (exact) mass is 372 g/mol. The van der Waals surface area contributed by atoms with Crippen molar-refractivity contribution in [3.8, 4) is 5.88 Å². The summed E-state index contributed by atoms with van der Waals surface area (Å²) >= 11 is 1.68. The van der Waals surface area contributed by atoms with Crippen LogP contribution in [0.2, 0.25) is 0 Å². The summed E-state index contributed by atoms with van der Waals surface area (Å²) in [7, 11) is 1.62. The van der Waals surface area contributed by atoms with Crippen LogP contribution >= 0.6 is 11.3 Å². The number of carbonyl (C=O) groups excluding carboxylic acids is 1. The van der Waals surface area contributed by atoms with Crippen LogP contribution in [0.25, 0.3) is 0 Å². The number of methoxy groups -OCH3 is 1. The fourth-order valence-electron chi connectivity index (χ4n) is 4.08. The Balaban J connectivity index is 1.40. The summed E-state index contributed by atoms with van der Waals surface area (Å²) in [5.41, 5.74) is 1.51. The topological polar surface area (TPSA) is 58.6 Å². The van der Waals surface area contributed by atoms with Crippen molar-refractivity contribution in [2.45, 2.75) is 38.8 Å². The van der Waals surface area contributed by atoms with Gasteiger partial charge in [-0.3, -0.25) is 4.79 Å². The average Bonchev–Trinajstić information content (AvgIpc) is 3.09. The highest BCUT2D eigenvalue weighted by Gasteiger charge is 2.58. The number of carbonyl (C=O) groups is 1. The number of ether oxygens (including phenoxy) is 1. The molecule has 2 fully saturated rings. The van der Waals surface area contributed by atoms with E-state index in [0.717, 1.165) is 44.8 Å². The minimum absolute atomic E-state index is 0.177. The lowest BCUT2D eigenvalue weighted by Crippen LogP contribution is -2.40. The van der Waals surface area contributed by atoms with Gasteiger partial charge in [0.25, 0.3) is 0 Å². The highest BCUT2D eigenvalue weighted by atomic mass is 32.1. The van der Waals surface area contributed by atoms with Crippen molar-refractivity contribution in [2.24, 2.45) is 5.41 Å². The van der Waals surface area contributed by atoms with Gasteiger partial charge in [0.2, 0.25) is 17.7 Å². The van der Waals surface area contributed by atoms with E-state index in [9.17, 15) is 4.79 Å². The number of nitrogens with zero attached hydrogens (tertiary/aromatic N) is 4. The normalized spacial score (nSPS) is 20.8. The number of anilines is 1. The summed E-state index contributed by atoms with van der Waals surface area (Å²) < 4.78 is 5.20. The lowest BCUT2D eigenvalue weighted by molar-refractivity contribution is -0.130. The van der Waals surface area contributed by atoms with Crippen LogP contribution in [0.4, 0.5) is 5.95 Å². The number of piperidine rings is 1. The number of rotatable bonds is 5. The van der Waals surface area contributed by atoms with Gasteiger partial charge in [0.05, 0.1) is 7.11 Å². The smallest absolute Gasteiger partial charge is 0.228 e. The standard InChI is InChI=1S/C19H24N4O2S/c1-14(24)23(12-15-4-10-26-13-15)16-11-19(16)5-8-22(9-6-19)18-20-7-3-17(21-18)25-2/h3-4,7,10,13,16H,5-6,8-9,11-12H2,1-2H3. The Hall–Kier alpha value is -2.15. The first kappa shape index (κ1) is 17.3. The molecule has 1 saturated heterocycles. The first-order chi connectivity index (χ1) is 12.6. The molecule has 2 aromatic heterocycles. The van der Waals surface area contributed by atoms with Gasteiger partial charge in [-0.2, -0.15) is 16.3 Å². The van der Waals surface area contributed by atoms with E-state index in [1.807, 2.05) is 0 Å². The molecule has 6 nitrogen and oxygen atoms in total. The summed E-state index contributed by atoms with van der Waals surface area (Å²) in [6, 6.07) is 4.24. The SMILES string of the molecule is COc1ccnc(N2CCC3(CC2)CC3N(Cc2ccsc2)C(C)=O)n1. The van der Waals surface area contributed by atoms with Gasteiger partial charge < -0.3 is 14.5 Å². The van der Waals surface area contributed by atoms with Crippen LogP contribution in [0.15, 0.2) is 29.1 Å². The summed E-state index contributed by atoms with van der Waals surface area (Å²) in [6.45, 7) is 4.27. The van der Waals surface area contributed by atoms with E-state index >= 15 is 0 Å². The molecule has 2 aliphatic rings. The zero-order valence-corrected chi connectivity index (χ0v) is 16.0. The molecule has 1 unspecified atom stereocenters. The molecule has 138 valence electrons. The molecule has 2 aromatic rings. The number of amides is 1. The summed E-state index contributed by atoms with van der Waals surface area (Å²) in [5.74, 6) is 1.51. The summed E-state index contributed by atoms with van der Waals surface area (Å²) in [4.78, 5) is 25.3. The minimum atomic E-state index is 0.177. The van der Waals surface area contributed by atoms with Crippen LogP contribution < -0.4 is 9.64 Å². The van der Waals surface area contributed by atoms with Gasteiger partial charge >= 0.3 is 0 Å². The lowest BCUT2D eigenvalue weighted by atomic mass is 9.92. The van der Waals surface area contributed by atoms with Gasteiger partial charge in [-0.1, -0.05) is 0 Å². The van der Waals surface area contributed by atoms with Crippen molar-refractivity contribution >= 4 is 23.2 Å². The molecule has 0 aromatic carbocycles. The van der Waals surface area contributed by atoms with Crippen molar-refractivity contribution in [3.05, 3.63) is 34.7 Å². The molecule has 0 bridgehead atoms. The largest absolute Gasteiger partial charge is 0.481 e. The van der Waals surface area contributed by atoms with Gasteiger partial charge in [-0.05, 0) is 47.1 Å². The lowest BCUT2D eigenvalue weighted by Gasteiger charge is -2.34. The van der Waals surface area contributed by atoms with Gasteiger partial charge in [0.1, 0.15) is 0 Å². The van der Waals surface area contributed by atoms with E-state index in [2.05, 4.69) is 36.6 Å². The third-order valence-corrected chi connectivity index (χ3v) is 6.46. The molecule has 1 spiro atoms. The molecule has 4 rings (SSSR count). The van der Waals surface area contributed by atoms with Crippen molar-refractivity contribution < 1.29 is 9.53 Å². The zero-order chi connectivity index (χ0) is 18.1. The molecule has 3 heterocycles. The van der Waals surface area contributed by atoms with Crippen LogP contribution in [-0.4, -0.2) is 47.0 Å². The third kappa shape index (κ3) is 3.28. The summed E-state index contributed by atoms with van der Waals surface area (Å²) in [6.07, 6.45) is 5.00. The van der Waals surface area contributed by atoms with Gasteiger partial charge in [0.15, 0.2) is 0 Å². The molecule has 0 radical (unpaired) electrons. The molecule has 1 saturated carbocycles. The van der Waals surface area contributed by atoms with Crippen molar-refractivity contribution in [1.82, 2.24) is 14.9 Å². The number of thiophene rings is 1. The fraction of sp³-hybridized carbons (Fsp3) is 0.526. The minimum Gasteiger partial charge on any atom is -0.481 e. The molecule has 1 aliphatic heterocycles. The molecule has 0 N–H and O–H groups in total. The molecule has 26 heavy (non-hydrogen) atoms. The third-order valence-electron chi connectivity index (χ3n) is 5.73. The van der Waals surface area contributed by atoms with E-state index in [-0.39, 0.29) is 11.3 Å². The van der Waals surface area contributed by atoms with Crippen molar-refractivity contribution in [3.63, 3.8) is 0 Å². The molecule has 1 aliphatic carbocycles. The van der Waals surface area contributed by atoms with Crippen LogP contribution in [0.1, 0.15) is 31.7 Å². The first-order valence-electron chi connectivity index (χ1n) is 9.01. The highest BCUT2D eigenvalue weighted by Crippen LogP contribution is 2.57. The van der Waals surface area contributed by atoms with E-state index in [1.165, 1.54) is 5.56 Å². The Labute approximate surface area is 157 Å². The Kier molecular flexibility index (Phi) is 4.56. The number of hydrogen-bond donors (Lipinski definition) is 0. The van der Waals surface area contributed by atoms with Crippen LogP contribution in [-0.2, 0) is 11.3 Å². The van der Waals surface area contributed by atoms with Gasteiger partial charge in [0, 0.05) is 44.9 Å². The Morgan fingerprint density at radius 2 is 2.23 bits per heavy atom. The van der Waals surface area contributed by atoms with Crippen LogP contribution in [0.5, 0.6) is 5.88 Å². The Morgan fingerprint density at radius 3 is 2.88 bits per heavy atom. The second-order valence-electron chi connectivity index (χ2n) is 7.25. The van der Waals surface area contributed by atoms with Gasteiger partial charge in [-0.25, -0.2) is 4.98 Å². The second kappa shape index (κ2) is 6.87. The Bertz CT molecular complexity index is 772. The molecule has 1 atom stereocenters. The van der Waals surface area contributed by atoms with E-state index < -0.39 is 0 Å². The highest BCUT2D eigenvalue weighted by molar-refractivity contribution is 7.07. The fourth-order valence-corrected chi connectivity index (χ4v) is 4.73. The maximum atomic E-state index is 12.2.